The summed E-state index contributed by atoms with van der Waals surface area (Å²) in [6.07, 6.45) is 8.09. The number of hydrogen-bond donors (Lipinski definition) is 2. The average Bonchev–Trinajstić information content (AvgIpc) is 3.89. The van der Waals surface area contributed by atoms with Gasteiger partial charge >= 0.3 is 0 Å². The molecule has 1 amide bonds. The van der Waals surface area contributed by atoms with Gasteiger partial charge in [-0.3, -0.25) is 14.5 Å². The number of aromatic hydroxyl groups is 1. The first-order valence-electron chi connectivity index (χ1n) is 19.0. The summed E-state index contributed by atoms with van der Waals surface area (Å²) in [5, 5.41) is 22.3. The van der Waals surface area contributed by atoms with Crippen LogP contribution in [-0.2, 0) is 27.8 Å². The summed E-state index contributed by atoms with van der Waals surface area (Å²) in [7, 11) is 0. The Hall–Kier alpha value is -3.72. The normalized spacial score (nSPS) is 28.6. The number of ether oxygens (including phenoxy) is 1. The lowest BCUT2D eigenvalue weighted by Crippen LogP contribution is -2.76. The number of nitrogens with zero attached hydrogens (tertiary/aromatic N) is 3. The molecule has 3 aromatic rings. The van der Waals surface area contributed by atoms with E-state index in [0.29, 0.717) is 31.1 Å². The minimum absolute atomic E-state index is 0.0454. The van der Waals surface area contributed by atoms with Crippen LogP contribution in [0.3, 0.4) is 0 Å². The number of piperidine rings is 2. The predicted molar refractivity (Wildman–Crippen MR) is 194 cm³/mol. The number of amides is 1. The largest absolute Gasteiger partial charge is 0.504 e. The number of aliphatic hydroxyl groups is 1. The van der Waals surface area contributed by atoms with Crippen molar-refractivity contribution in [3.05, 3.63) is 89.5 Å². The molecule has 2 bridgehead atoms. The van der Waals surface area contributed by atoms with Crippen LogP contribution >= 0.6 is 0 Å². The molecule has 3 aromatic carbocycles. The Labute approximate surface area is 296 Å². The fourth-order valence-electron chi connectivity index (χ4n) is 9.91. The average molecular weight is 678 g/mol. The van der Waals surface area contributed by atoms with E-state index in [9.17, 15) is 19.8 Å². The lowest BCUT2D eigenvalue weighted by Gasteiger charge is -2.62. The van der Waals surface area contributed by atoms with E-state index < -0.39 is 17.1 Å². The van der Waals surface area contributed by atoms with Crippen molar-refractivity contribution in [2.45, 2.75) is 100 Å². The summed E-state index contributed by atoms with van der Waals surface area (Å²) in [6, 6.07) is 24.8. The topological polar surface area (TPSA) is 93.6 Å². The standard InChI is InChI=1S/C22H28N2O.C20H23NO4/c1-2-22(25)24(20-11-7-4-8-12-20)21-14-17-23(18-15-21)16-13-19-9-5-3-6-10-19;22-13-4-3-12-9-15-20(24)6-5-14(23)18-19(20,16(12)17(13)25-18)7-8-21(15)10-11-1-2-11/h3-12,21H,2,13-18H2,1H3;3-4,11,15,18,22,24H,1-2,5-10H2/t;15-,18+,19+,20-/m.1/s1. The van der Waals surface area contributed by atoms with Gasteiger partial charge in [-0.2, -0.15) is 0 Å². The van der Waals surface area contributed by atoms with Gasteiger partial charge in [0.15, 0.2) is 23.4 Å². The van der Waals surface area contributed by atoms with Crippen LogP contribution in [0.15, 0.2) is 72.8 Å². The van der Waals surface area contributed by atoms with E-state index in [1.165, 1.54) is 18.4 Å². The molecule has 9 rings (SSSR count). The van der Waals surface area contributed by atoms with Crippen LogP contribution in [0, 0.1) is 5.92 Å². The lowest BCUT2D eigenvalue weighted by molar-refractivity contribution is -0.188. The molecule has 2 saturated carbocycles. The summed E-state index contributed by atoms with van der Waals surface area (Å²) in [6.45, 7) is 7.14. The molecular weight excluding hydrogens is 626 g/mol. The number of likely N-dealkylation sites (tertiary alicyclic amines) is 2. The second-order valence-electron chi connectivity index (χ2n) is 15.5. The Morgan fingerprint density at radius 3 is 2.36 bits per heavy atom. The zero-order valence-corrected chi connectivity index (χ0v) is 29.3. The molecule has 1 spiro atoms. The number of rotatable bonds is 8. The van der Waals surface area contributed by atoms with E-state index in [-0.39, 0.29) is 23.5 Å². The molecule has 8 heteroatoms. The maximum atomic E-state index is 12.7. The SMILES string of the molecule is CCC(=O)N(c1ccccc1)C1CCN(CCc2ccccc2)CC1.O=C1CC[C@@]2(O)[C@H]3Cc4ccc(O)c5c4[C@@]2(CCN3CC2CC2)[C@H]1O5. The Balaban J connectivity index is 0.000000144. The van der Waals surface area contributed by atoms with Gasteiger partial charge in [0.05, 0.1) is 11.0 Å². The third-order valence-corrected chi connectivity index (χ3v) is 12.6. The number of Topliss-reactive ketones (excluding diaryl/α,β-unsaturated/α-hetero) is 1. The molecule has 4 fully saturated rings. The van der Waals surface area contributed by atoms with Crippen molar-refractivity contribution in [1.82, 2.24) is 9.80 Å². The quantitative estimate of drug-likeness (QED) is 0.318. The van der Waals surface area contributed by atoms with Crippen LogP contribution in [-0.4, -0.2) is 88.2 Å². The van der Waals surface area contributed by atoms with Gasteiger partial charge in [0.1, 0.15) is 0 Å². The molecule has 3 heterocycles. The molecule has 2 N–H and O–H groups in total. The van der Waals surface area contributed by atoms with Gasteiger partial charge in [-0.15, -0.1) is 0 Å². The number of carbonyl (C=O) groups excluding carboxylic acids is 2. The molecule has 0 unspecified atom stereocenters. The number of anilines is 1. The van der Waals surface area contributed by atoms with Gasteiger partial charge in [-0.25, -0.2) is 0 Å². The number of ketones is 1. The van der Waals surface area contributed by atoms with E-state index in [4.69, 9.17) is 4.74 Å². The van der Waals surface area contributed by atoms with Crippen LogP contribution in [0.25, 0.3) is 0 Å². The first-order valence-corrected chi connectivity index (χ1v) is 19.0. The van der Waals surface area contributed by atoms with Crippen molar-refractivity contribution in [3.8, 4) is 11.5 Å². The second kappa shape index (κ2) is 13.4. The molecule has 50 heavy (non-hydrogen) atoms. The Kier molecular flexibility index (Phi) is 8.98. The van der Waals surface area contributed by atoms with Crippen LogP contribution in [0.2, 0.25) is 0 Å². The second-order valence-corrected chi connectivity index (χ2v) is 15.5. The van der Waals surface area contributed by atoms with Gasteiger partial charge in [-0.05, 0) is 93.2 Å². The molecule has 0 radical (unpaired) electrons. The number of carbonyl (C=O) groups is 2. The summed E-state index contributed by atoms with van der Waals surface area (Å²) in [5.41, 5.74) is 2.89. The fourth-order valence-corrected chi connectivity index (χ4v) is 9.91. The van der Waals surface area contributed by atoms with Crippen molar-refractivity contribution in [2.24, 2.45) is 5.92 Å². The molecule has 3 aliphatic heterocycles. The smallest absolute Gasteiger partial charge is 0.226 e. The van der Waals surface area contributed by atoms with Gasteiger partial charge in [0.2, 0.25) is 5.91 Å². The van der Waals surface area contributed by atoms with Crippen LogP contribution in [0.4, 0.5) is 5.69 Å². The fraction of sp³-hybridized carbons (Fsp3) is 0.524. The van der Waals surface area contributed by atoms with Crippen molar-refractivity contribution in [3.63, 3.8) is 0 Å². The Morgan fingerprint density at radius 1 is 0.940 bits per heavy atom. The Morgan fingerprint density at radius 2 is 1.66 bits per heavy atom. The van der Waals surface area contributed by atoms with E-state index in [1.54, 1.807) is 6.07 Å². The Bertz CT molecular complexity index is 1700. The number of para-hydroxylation sites is 1. The molecule has 8 nitrogen and oxygen atoms in total. The highest BCUT2D eigenvalue weighted by molar-refractivity contribution is 5.93. The number of benzene rings is 3. The highest BCUT2D eigenvalue weighted by Crippen LogP contribution is 2.65. The molecule has 6 aliphatic rings. The van der Waals surface area contributed by atoms with Crippen molar-refractivity contribution in [2.75, 3.05) is 37.6 Å². The first kappa shape index (κ1) is 33.4. The lowest BCUT2D eigenvalue weighted by atomic mass is 9.49. The molecule has 3 aliphatic carbocycles. The van der Waals surface area contributed by atoms with Crippen molar-refractivity contribution in [1.29, 1.82) is 0 Å². The van der Waals surface area contributed by atoms with Crippen LogP contribution in [0.5, 0.6) is 11.5 Å². The highest BCUT2D eigenvalue weighted by Gasteiger charge is 2.73. The molecular formula is C42H51N3O5. The monoisotopic (exact) mass is 677 g/mol. The zero-order valence-electron chi connectivity index (χ0n) is 29.3. The number of hydrogen-bond acceptors (Lipinski definition) is 7. The summed E-state index contributed by atoms with van der Waals surface area (Å²) >= 11 is 0. The summed E-state index contributed by atoms with van der Waals surface area (Å²) in [4.78, 5) is 32.3. The minimum Gasteiger partial charge on any atom is -0.504 e. The van der Waals surface area contributed by atoms with Gasteiger partial charge in [0, 0.05) is 62.4 Å². The van der Waals surface area contributed by atoms with E-state index in [0.717, 1.165) is 87.6 Å². The molecule has 2 saturated heterocycles. The van der Waals surface area contributed by atoms with E-state index in [1.807, 2.05) is 36.1 Å². The van der Waals surface area contributed by atoms with Gasteiger partial charge in [-0.1, -0.05) is 61.5 Å². The minimum atomic E-state index is -0.940. The maximum absolute atomic E-state index is 12.7. The van der Waals surface area contributed by atoms with Crippen molar-refractivity contribution >= 4 is 17.4 Å². The molecule has 0 aromatic heterocycles. The van der Waals surface area contributed by atoms with Crippen LogP contribution in [0.1, 0.15) is 75.0 Å². The van der Waals surface area contributed by atoms with Gasteiger partial charge in [0.25, 0.3) is 0 Å². The predicted octanol–water partition coefficient (Wildman–Crippen LogP) is 5.66. The third-order valence-electron chi connectivity index (χ3n) is 12.6. The zero-order chi connectivity index (χ0) is 34.5. The van der Waals surface area contributed by atoms with E-state index in [2.05, 4.69) is 52.3 Å². The highest BCUT2D eigenvalue weighted by atomic mass is 16.5. The molecule has 4 atom stereocenters. The summed E-state index contributed by atoms with van der Waals surface area (Å²) < 4.78 is 6.04. The first-order chi connectivity index (χ1) is 24.3. The number of phenols is 1. The number of phenolic OH excluding ortho intramolecular Hbond substituents is 1. The van der Waals surface area contributed by atoms with E-state index >= 15 is 0 Å². The summed E-state index contributed by atoms with van der Waals surface area (Å²) in [5.74, 6) is 1.62. The molecule has 264 valence electrons. The third kappa shape index (κ3) is 5.73. The maximum Gasteiger partial charge on any atom is 0.226 e. The van der Waals surface area contributed by atoms with Crippen molar-refractivity contribution < 1.29 is 24.5 Å². The van der Waals surface area contributed by atoms with Gasteiger partial charge < -0.3 is 24.7 Å². The van der Waals surface area contributed by atoms with Crippen LogP contribution < -0.4 is 9.64 Å².